The van der Waals surface area contributed by atoms with Crippen LogP contribution in [0.3, 0.4) is 0 Å². The molecule has 0 aliphatic carbocycles. The summed E-state index contributed by atoms with van der Waals surface area (Å²) in [4.78, 5) is 56.4. The standard InChI is InChI=1S/C25H39N7O6/c1-14(2)20(26)22(35)30-17(5-3-11-29-25(27)28)23(36)32-12-4-6-19(32)21(34)31-18(24(37)38)13-15-7-9-16(33)10-8-15/h7-10,14,17-20,33H,3-6,11-13,26H2,1-2H3,(H,30,35)(H,31,34)(H,37,38)(H4,27,28,29). The van der Waals surface area contributed by atoms with Crippen molar-refractivity contribution in [3.63, 3.8) is 0 Å². The van der Waals surface area contributed by atoms with Gasteiger partial charge < -0.3 is 42.9 Å². The monoisotopic (exact) mass is 533 g/mol. The minimum absolute atomic E-state index is 0.00140. The number of guanidine groups is 1. The van der Waals surface area contributed by atoms with E-state index in [-0.39, 0.29) is 43.6 Å². The highest BCUT2D eigenvalue weighted by Gasteiger charge is 2.39. The maximum absolute atomic E-state index is 13.5. The molecule has 1 aromatic rings. The molecule has 0 radical (unpaired) electrons. The Morgan fingerprint density at radius 2 is 1.76 bits per heavy atom. The third kappa shape index (κ3) is 8.91. The van der Waals surface area contributed by atoms with Crippen molar-refractivity contribution in [1.29, 1.82) is 0 Å². The summed E-state index contributed by atoms with van der Waals surface area (Å²) in [5.41, 5.74) is 17.3. The molecular formula is C25H39N7O6. The molecule has 1 heterocycles. The molecule has 1 saturated heterocycles. The lowest BCUT2D eigenvalue weighted by Gasteiger charge is -2.30. The smallest absolute Gasteiger partial charge is 0.326 e. The van der Waals surface area contributed by atoms with Crippen LogP contribution in [0.1, 0.15) is 45.1 Å². The Hall–Kier alpha value is -3.87. The molecule has 0 aromatic heterocycles. The van der Waals surface area contributed by atoms with Crippen LogP contribution in [0.15, 0.2) is 29.3 Å². The van der Waals surface area contributed by atoms with Gasteiger partial charge in [0.1, 0.15) is 23.9 Å². The lowest BCUT2D eigenvalue weighted by molar-refractivity contribution is -0.145. The zero-order valence-corrected chi connectivity index (χ0v) is 21.8. The molecule has 13 nitrogen and oxygen atoms in total. The molecule has 10 N–H and O–H groups in total. The van der Waals surface area contributed by atoms with E-state index in [9.17, 15) is 29.4 Å². The fraction of sp³-hybridized carbons (Fsp3) is 0.560. The van der Waals surface area contributed by atoms with Crippen molar-refractivity contribution in [2.45, 2.75) is 70.1 Å². The number of aliphatic imine (C=N–C) groups is 1. The Morgan fingerprint density at radius 3 is 2.34 bits per heavy atom. The van der Waals surface area contributed by atoms with Crippen molar-refractivity contribution >= 4 is 29.7 Å². The van der Waals surface area contributed by atoms with Gasteiger partial charge >= 0.3 is 5.97 Å². The number of phenols is 1. The van der Waals surface area contributed by atoms with E-state index in [2.05, 4.69) is 15.6 Å². The van der Waals surface area contributed by atoms with E-state index in [1.54, 1.807) is 26.0 Å². The Labute approximate surface area is 221 Å². The highest BCUT2D eigenvalue weighted by molar-refractivity contribution is 5.94. The first kappa shape index (κ1) is 30.4. The first-order valence-corrected chi connectivity index (χ1v) is 12.6. The Bertz CT molecular complexity index is 1010. The quantitative estimate of drug-likeness (QED) is 0.0937. The van der Waals surface area contributed by atoms with E-state index < -0.39 is 47.9 Å². The zero-order chi connectivity index (χ0) is 28.4. The first-order chi connectivity index (χ1) is 17.9. The van der Waals surface area contributed by atoms with Gasteiger partial charge in [0.2, 0.25) is 17.7 Å². The summed E-state index contributed by atoms with van der Waals surface area (Å²) >= 11 is 0. The number of hydrogen-bond acceptors (Lipinski definition) is 7. The Balaban J connectivity index is 2.14. The molecule has 0 saturated carbocycles. The second kappa shape index (κ2) is 14.2. The number of carboxylic acids is 1. The number of carbonyl (C=O) groups is 4. The summed E-state index contributed by atoms with van der Waals surface area (Å²) in [6.45, 7) is 4.11. The van der Waals surface area contributed by atoms with Crippen molar-refractivity contribution in [3.05, 3.63) is 29.8 Å². The van der Waals surface area contributed by atoms with Gasteiger partial charge in [0, 0.05) is 19.5 Å². The third-order valence-electron chi connectivity index (χ3n) is 6.41. The first-order valence-electron chi connectivity index (χ1n) is 12.6. The van der Waals surface area contributed by atoms with E-state index in [4.69, 9.17) is 17.2 Å². The second-order valence-corrected chi connectivity index (χ2v) is 9.74. The van der Waals surface area contributed by atoms with Crippen LogP contribution in [-0.2, 0) is 25.6 Å². The summed E-state index contributed by atoms with van der Waals surface area (Å²) in [6.07, 6.45) is 1.50. The number of nitrogens with one attached hydrogen (secondary N) is 2. The molecule has 210 valence electrons. The van der Waals surface area contributed by atoms with E-state index in [1.807, 2.05) is 0 Å². The predicted octanol–water partition coefficient (Wildman–Crippen LogP) is -0.983. The minimum Gasteiger partial charge on any atom is -0.508 e. The summed E-state index contributed by atoms with van der Waals surface area (Å²) in [5.74, 6) is -2.96. The number of phenolic OH excluding ortho intramolecular Hbond substituents is 1. The average Bonchev–Trinajstić information content (AvgIpc) is 3.35. The molecule has 2 rings (SSSR count). The number of carboxylic acid groups (broad SMARTS) is 1. The number of carbonyl (C=O) groups excluding carboxylic acids is 3. The highest BCUT2D eigenvalue weighted by atomic mass is 16.4. The van der Waals surface area contributed by atoms with Gasteiger partial charge in [0.25, 0.3) is 0 Å². The Kier molecular flexibility index (Phi) is 11.3. The Morgan fingerprint density at radius 1 is 1.11 bits per heavy atom. The van der Waals surface area contributed by atoms with E-state index >= 15 is 0 Å². The number of likely N-dealkylation sites (tertiary alicyclic amines) is 1. The summed E-state index contributed by atoms with van der Waals surface area (Å²) in [6, 6.07) is 2.10. The van der Waals surface area contributed by atoms with Crippen molar-refractivity contribution in [3.8, 4) is 5.75 Å². The van der Waals surface area contributed by atoms with Gasteiger partial charge in [0.15, 0.2) is 5.96 Å². The van der Waals surface area contributed by atoms with Gasteiger partial charge in [-0.05, 0) is 49.3 Å². The number of nitrogens with zero attached hydrogens (tertiary/aromatic N) is 2. The SMILES string of the molecule is CC(C)C(N)C(=O)NC(CCCN=C(N)N)C(=O)N1CCCC1C(=O)NC(Cc1ccc(O)cc1)C(=O)O. The maximum atomic E-state index is 13.5. The van der Waals surface area contributed by atoms with Gasteiger partial charge in [-0.3, -0.25) is 19.4 Å². The lowest BCUT2D eigenvalue weighted by atomic mass is 10.0. The molecule has 1 fully saturated rings. The van der Waals surface area contributed by atoms with E-state index in [1.165, 1.54) is 17.0 Å². The van der Waals surface area contributed by atoms with Crippen molar-refractivity contribution in [1.82, 2.24) is 15.5 Å². The topological polar surface area (TPSA) is 226 Å². The number of amides is 3. The van der Waals surface area contributed by atoms with Crippen LogP contribution in [0.2, 0.25) is 0 Å². The van der Waals surface area contributed by atoms with Crippen LogP contribution in [0.5, 0.6) is 5.75 Å². The lowest BCUT2D eigenvalue weighted by Crippen LogP contribution is -2.57. The molecule has 38 heavy (non-hydrogen) atoms. The van der Waals surface area contributed by atoms with Crippen molar-refractivity contribution in [2.24, 2.45) is 28.1 Å². The average molecular weight is 534 g/mol. The molecule has 4 unspecified atom stereocenters. The molecule has 4 atom stereocenters. The maximum Gasteiger partial charge on any atom is 0.326 e. The molecule has 13 heteroatoms. The fourth-order valence-corrected chi connectivity index (χ4v) is 4.17. The van der Waals surface area contributed by atoms with Crippen LogP contribution < -0.4 is 27.8 Å². The van der Waals surface area contributed by atoms with Gasteiger partial charge in [-0.2, -0.15) is 0 Å². The number of aromatic hydroxyl groups is 1. The van der Waals surface area contributed by atoms with Crippen LogP contribution in [0, 0.1) is 5.92 Å². The van der Waals surface area contributed by atoms with E-state index in [0.717, 1.165) is 0 Å². The van der Waals surface area contributed by atoms with Crippen LogP contribution in [0.25, 0.3) is 0 Å². The number of aliphatic carboxylic acids is 1. The summed E-state index contributed by atoms with van der Waals surface area (Å²) in [5, 5.41) is 24.4. The largest absolute Gasteiger partial charge is 0.508 e. The number of rotatable bonds is 13. The summed E-state index contributed by atoms with van der Waals surface area (Å²) in [7, 11) is 0. The van der Waals surface area contributed by atoms with Gasteiger partial charge in [0.05, 0.1) is 6.04 Å². The van der Waals surface area contributed by atoms with Gasteiger partial charge in [-0.15, -0.1) is 0 Å². The predicted molar refractivity (Wildman–Crippen MR) is 141 cm³/mol. The van der Waals surface area contributed by atoms with Gasteiger partial charge in [-0.1, -0.05) is 26.0 Å². The minimum atomic E-state index is -1.23. The number of nitrogens with two attached hydrogens (primary N) is 3. The highest BCUT2D eigenvalue weighted by Crippen LogP contribution is 2.21. The molecular weight excluding hydrogens is 494 g/mol. The van der Waals surface area contributed by atoms with Crippen molar-refractivity contribution in [2.75, 3.05) is 13.1 Å². The third-order valence-corrected chi connectivity index (χ3v) is 6.41. The normalized spacial score (nSPS) is 17.4. The van der Waals surface area contributed by atoms with Crippen molar-refractivity contribution < 1.29 is 29.4 Å². The van der Waals surface area contributed by atoms with Crippen LogP contribution in [0.4, 0.5) is 0 Å². The molecule has 0 spiro atoms. The molecule has 0 bridgehead atoms. The molecule has 3 amide bonds. The second-order valence-electron chi connectivity index (χ2n) is 9.74. The molecule has 1 aromatic carbocycles. The van der Waals surface area contributed by atoms with Crippen LogP contribution in [-0.4, -0.2) is 82.0 Å². The van der Waals surface area contributed by atoms with Gasteiger partial charge in [-0.25, -0.2) is 4.79 Å². The fourth-order valence-electron chi connectivity index (χ4n) is 4.17. The zero-order valence-electron chi connectivity index (χ0n) is 21.8. The molecule has 1 aliphatic rings. The molecule has 1 aliphatic heterocycles. The van der Waals surface area contributed by atoms with Crippen LogP contribution >= 0.6 is 0 Å². The summed E-state index contributed by atoms with van der Waals surface area (Å²) < 4.78 is 0. The van der Waals surface area contributed by atoms with E-state index in [0.29, 0.717) is 24.8 Å². The number of hydrogen-bond donors (Lipinski definition) is 7. The number of benzene rings is 1.